The van der Waals surface area contributed by atoms with E-state index in [1.54, 1.807) is 7.11 Å². The van der Waals surface area contributed by atoms with Crippen molar-refractivity contribution in [3.63, 3.8) is 0 Å². The summed E-state index contributed by atoms with van der Waals surface area (Å²) in [5.74, 6) is 0.777. The summed E-state index contributed by atoms with van der Waals surface area (Å²) in [6.07, 6.45) is 1.12. The van der Waals surface area contributed by atoms with Gasteiger partial charge in [-0.25, -0.2) is 0 Å². The maximum atomic E-state index is 10.2. The van der Waals surface area contributed by atoms with Gasteiger partial charge in [0.1, 0.15) is 5.75 Å². The molecular weight excluding hydrogens is 304 g/mol. The molecule has 0 radical (unpaired) electrons. The number of aliphatic hydroxyl groups is 1. The molecule has 3 heteroatoms. The average molecular weight is 321 g/mol. The Hall–Kier alpha value is -1.32. The van der Waals surface area contributed by atoms with E-state index in [4.69, 9.17) is 4.74 Å². The molecule has 1 unspecified atom stereocenters. The van der Waals surface area contributed by atoms with Gasteiger partial charge in [-0.1, -0.05) is 36.4 Å². The van der Waals surface area contributed by atoms with Crippen LogP contribution in [-0.2, 0) is 6.42 Å². The first kappa shape index (κ1) is 14.1. The van der Waals surface area contributed by atoms with Crippen LogP contribution in [0.25, 0.3) is 0 Å². The number of aryl methyl sites for hydroxylation is 1. The smallest absolute Gasteiger partial charge is 0.133 e. The molecule has 2 aromatic carbocycles. The van der Waals surface area contributed by atoms with Crippen molar-refractivity contribution in [3.8, 4) is 5.75 Å². The Balaban J connectivity index is 2.00. The number of ether oxygens (including phenoxy) is 1. The molecule has 0 bridgehead atoms. The van der Waals surface area contributed by atoms with Crippen LogP contribution in [-0.4, -0.2) is 12.2 Å². The first-order valence-electron chi connectivity index (χ1n) is 6.26. The van der Waals surface area contributed by atoms with Gasteiger partial charge in [-0.2, -0.15) is 0 Å². The quantitative estimate of drug-likeness (QED) is 0.897. The van der Waals surface area contributed by atoms with Crippen molar-refractivity contribution in [3.05, 3.63) is 64.1 Å². The topological polar surface area (TPSA) is 29.5 Å². The van der Waals surface area contributed by atoms with Crippen LogP contribution >= 0.6 is 15.9 Å². The van der Waals surface area contributed by atoms with Gasteiger partial charge in [-0.15, -0.1) is 0 Å². The molecule has 0 saturated heterocycles. The lowest BCUT2D eigenvalue weighted by molar-refractivity contribution is 0.167. The summed E-state index contributed by atoms with van der Waals surface area (Å²) in [6.45, 7) is 0. The SMILES string of the molecule is COc1ccc(C(O)CCc2ccccc2)cc1Br. The molecule has 0 amide bonds. The van der Waals surface area contributed by atoms with E-state index in [2.05, 4.69) is 28.1 Å². The van der Waals surface area contributed by atoms with E-state index in [-0.39, 0.29) is 0 Å². The van der Waals surface area contributed by atoms with Crippen molar-refractivity contribution in [1.82, 2.24) is 0 Å². The predicted molar refractivity (Wildman–Crippen MR) is 80.4 cm³/mol. The molecule has 2 nitrogen and oxygen atoms in total. The predicted octanol–water partition coefficient (Wildman–Crippen LogP) is 4.12. The molecule has 0 spiro atoms. The molecule has 0 fully saturated rings. The van der Waals surface area contributed by atoms with Gasteiger partial charge >= 0.3 is 0 Å². The summed E-state index contributed by atoms with van der Waals surface area (Å²) in [5.41, 5.74) is 2.15. The van der Waals surface area contributed by atoms with Crippen LogP contribution < -0.4 is 4.74 Å². The highest BCUT2D eigenvalue weighted by molar-refractivity contribution is 9.10. The summed E-state index contributed by atoms with van der Waals surface area (Å²) in [4.78, 5) is 0. The Morgan fingerprint density at radius 2 is 1.89 bits per heavy atom. The van der Waals surface area contributed by atoms with E-state index in [9.17, 15) is 5.11 Å². The van der Waals surface area contributed by atoms with Gasteiger partial charge in [0.25, 0.3) is 0 Å². The van der Waals surface area contributed by atoms with Crippen LogP contribution in [0.3, 0.4) is 0 Å². The summed E-state index contributed by atoms with van der Waals surface area (Å²) < 4.78 is 6.05. The highest BCUT2D eigenvalue weighted by Crippen LogP contribution is 2.29. The van der Waals surface area contributed by atoms with E-state index in [1.165, 1.54) is 5.56 Å². The van der Waals surface area contributed by atoms with Gasteiger partial charge in [0.15, 0.2) is 0 Å². The third kappa shape index (κ3) is 3.82. The van der Waals surface area contributed by atoms with Crippen LogP contribution in [0.4, 0.5) is 0 Å². The third-order valence-corrected chi connectivity index (χ3v) is 3.73. The zero-order chi connectivity index (χ0) is 13.7. The molecule has 1 N–H and O–H groups in total. The van der Waals surface area contributed by atoms with Crippen molar-refractivity contribution in [2.24, 2.45) is 0 Å². The van der Waals surface area contributed by atoms with Crippen molar-refractivity contribution < 1.29 is 9.84 Å². The molecule has 100 valence electrons. The van der Waals surface area contributed by atoms with Crippen LogP contribution in [0.15, 0.2) is 53.0 Å². The number of hydrogen-bond acceptors (Lipinski definition) is 2. The van der Waals surface area contributed by atoms with Gasteiger partial charge in [0.2, 0.25) is 0 Å². The van der Waals surface area contributed by atoms with E-state index >= 15 is 0 Å². The molecule has 0 aliphatic carbocycles. The molecule has 0 aromatic heterocycles. The molecule has 19 heavy (non-hydrogen) atoms. The second-order valence-corrected chi connectivity index (χ2v) is 5.29. The van der Waals surface area contributed by atoms with Crippen LogP contribution in [0.5, 0.6) is 5.75 Å². The van der Waals surface area contributed by atoms with Crippen molar-refractivity contribution in [2.75, 3.05) is 7.11 Å². The fraction of sp³-hybridized carbons (Fsp3) is 0.250. The van der Waals surface area contributed by atoms with Gasteiger partial charge in [0, 0.05) is 0 Å². The molecule has 2 rings (SSSR count). The van der Waals surface area contributed by atoms with Gasteiger partial charge < -0.3 is 9.84 Å². The number of hydrogen-bond donors (Lipinski definition) is 1. The van der Waals surface area contributed by atoms with Crippen molar-refractivity contribution in [1.29, 1.82) is 0 Å². The summed E-state index contributed by atoms with van der Waals surface area (Å²) >= 11 is 3.44. The lowest BCUT2D eigenvalue weighted by atomic mass is 10.0. The molecule has 1 atom stereocenters. The lowest BCUT2D eigenvalue weighted by Crippen LogP contribution is -2.00. The molecule has 0 aliphatic rings. The number of methoxy groups -OCH3 is 1. The zero-order valence-electron chi connectivity index (χ0n) is 10.8. The second kappa shape index (κ2) is 6.73. The molecular formula is C16H17BrO2. The maximum absolute atomic E-state index is 10.2. The standard InChI is InChI=1S/C16H17BrO2/c1-19-16-10-8-13(11-14(16)17)15(18)9-7-12-5-3-2-4-6-12/h2-6,8,10-11,15,18H,7,9H2,1H3. The first-order chi connectivity index (χ1) is 9.20. The van der Waals surface area contributed by atoms with Crippen LogP contribution in [0.1, 0.15) is 23.7 Å². The number of aliphatic hydroxyl groups excluding tert-OH is 1. The Labute approximate surface area is 122 Å². The minimum Gasteiger partial charge on any atom is -0.496 e. The van der Waals surface area contributed by atoms with E-state index in [0.717, 1.165) is 22.2 Å². The van der Waals surface area contributed by atoms with E-state index in [0.29, 0.717) is 6.42 Å². The molecule has 2 aromatic rings. The fourth-order valence-electron chi connectivity index (χ4n) is 2.00. The number of halogens is 1. The molecule has 0 saturated carbocycles. The minimum absolute atomic E-state index is 0.456. The third-order valence-electron chi connectivity index (χ3n) is 3.11. The normalized spacial score (nSPS) is 12.2. The van der Waals surface area contributed by atoms with Gasteiger partial charge in [-0.05, 0) is 52.0 Å². The van der Waals surface area contributed by atoms with Gasteiger partial charge in [0.05, 0.1) is 17.7 Å². The monoisotopic (exact) mass is 320 g/mol. The second-order valence-electron chi connectivity index (χ2n) is 4.43. The fourth-order valence-corrected chi connectivity index (χ4v) is 2.56. The average Bonchev–Trinajstić information content (AvgIpc) is 2.45. The van der Waals surface area contributed by atoms with E-state index in [1.807, 2.05) is 36.4 Å². The minimum atomic E-state index is -0.456. The summed E-state index contributed by atoms with van der Waals surface area (Å²) in [6, 6.07) is 15.9. The van der Waals surface area contributed by atoms with Gasteiger partial charge in [-0.3, -0.25) is 0 Å². The van der Waals surface area contributed by atoms with Crippen molar-refractivity contribution in [2.45, 2.75) is 18.9 Å². The summed E-state index contributed by atoms with van der Waals surface area (Å²) in [7, 11) is 1.63. The van der Waals surface area contributed by atoms with E-state index < -0.39 is 6.10 Å². The Morgan fingerprint density at radius 3 is 2.53 bits per heavy atom. The number of benzene rings is 2. The first-order valence-corrected chi connectivity index (χ1v) is 7.05. The molecule has 0 heterocycles. The zero-order valence-corrected chi connectivity index (χ0v) is 12.4. The largest absolute Gasteiger partial charge is 0.496 e. The number of rotatable bonds is 5. The lowest BCUT2D eigenvalue weighted by Gasteiger charge is -2.13. The van der Waals surface area contributed by atoms with Crippen molar-refractivity contribution >= 4 is 15.9 Å². The highest BCUT2D eigenvalue weighted by atomic mass is 79.9. The maximum Gasteiger partial charge on any atom is 0.133 e. The highest BCUT2D eigenvalue weighted by Gasteiger charge is 2.10. The Kier molecular flexibility index (Phi) is 5.00. The Bertz CT molecular complexity index is 526. The van der Waals surface area contributed by atoms with Crippen LogP contribution in [0, 0.1) is 0 Å². The Morgan fingerprint density at radius 1 is 1.16 bits per heavy atom. The summed E-state index contributed by atoms with van der Waals surface area (Å²) in [5, 5.41) is 10.2. The van der Waals surface area contributed by atoms with Crippen LogP contribution in [0.2, 0.25) is 0 Å². The molecule has 0 aliphatic heterocycles.